The van der Waals surface area contributed by atoms with E-state index >= 15 is 0 Å². The molecule has 0 N–H and O–H groups in total. The first-order valence-corrected chi connectivity index (χ1v) is 9.12. The second-order valence-electron chi connectivity index (χ2n) is 6.11. The SMILES string of the molecule is O=C1CCC(=S)N1CC(CN1C(=O)CCC1=S)N1C(=O)CCC1=S. The molecule has 0 spiro atoms. The predicted molar refractivity (Wildman–Crippen MR) is 99.6 cm³/mol. The number of hydrogen-bond acceptors (Lipinski definition) is 6. The Hall–Kier alpha value is -1.32. The molecule has 0 saturated carbocycles. The summed E-state index contributed by atoms with van der Waals surface area (Å²) in [6, 6.07) is -0.410. The monoisotopic (exact) mass is 383 g/mol. The molecule has 0 aliphatic carbocycles. The van der Waals surface area contributed by atoms with Crippen molar-refractivity contribution in [2.75, 3.05) is 13.1 Å². The third-order valence-corrected chi connectivity index (χ3v) is 5.80. The Balaban J connectivity index is 1.83. The Morgan fingerprint density at radius 2 is 1.08 bits per heavy atom. The van der Waals surface area contributed by atoms with Gasteiger partial charge in [0.15, 0.2) is 0 Å². The third kappa shape index (κ3) is 3.25. The molecule has 0 unspecified atom stereocenters. The first-order chi connectivity index (χ1) is 11.4. The number of thiocarbonyl (C=S) groups is 3. The molecule has 3 heterocycles. The van der Waals surface area contributed by atoms with Gasteiger partial charge in [-0.1, -0.05) is 36.7 Å². The average molecular weight is 384 g/mol. The van der Waals surface area contributed by atoms with Crippen LogP contribution in [0.2, 0.25) is 0 Å². The highest BCUT2D eigenvalue weighted by Gasteiger charge is 2.39. The van der Waals surface area contributed by atoms with E-state index < -0.39 is 6.04 Å². The molecule has 24 heavy (non-hydrogen) atoms. The standard InChI is InChI=1S/C15H17N3O3S3/c19-10-1-4-13(22)16(10)7-9(18-12(21)3-6-15(18)24)8-17-11(20)2-5-14(17)23/h9H,1-8H2. The molecule has 0 atom stereocenters. The second kappa shape index (κ2) is 6.89. The van der Waals surface area contributed by atoms with E-state index in [9.17, 15) is 14.4 Å². The summed E-state index contributed by atoms with van der Waals surface area (Å²) in [7, 11) is 0. The van der Waals surface area contributed by atoms with E-state index in [0.29, 0.717) is 53.5 Å². The zero-order valence-electron chi connectivity index (χ0n) is 13.0. The van der Waals surface area contributed by atoms with Crippen molar-refractivity contribution in [3.8, 4) is 0 Å². The molecule has 3 fully saturated rings. The molecular weight excluding hydrogens is 366 g/mol. The van der Waals surface area contributed by atoms with Crippen LogP contribution in [0, 0.1) is 0 Å². The molecule has 128 valence electrons. The van der Waals surface area contributed by atoms with Gasteiger partial charge in [0.2, 0.25) is 17.7 Å². The minimum Gasteiger partial charge on any atom is -0.304 e. The lowest BCUT2D eigenvalue weighted by Gasteiger charge is -2.34. The van der Waals surface area contributed by atoms with Gasteiger partial charge in [-0.15, -0.1) is 0 Å². The second-order valence-corrected chi connectivity index (χ2v) is 7.52. The minimum atomic E-state index is -0.410. The van der Waals surface area contributed by atoms with Crippen molar-refractivity contribution < 1.29 is 14.4 Å². The molecule has 0 aromatic heterocycles. The lowest BCUT2D eigenvalue weighted by Crippen LogP contribution is -2.53. The lowest BCUT2D eigenvalue weighted by atomic mass is 10.2. The van der Waals surface area contributed by atoms with Crippen LogP contribution in [0.1, 0.15) is 38.5 Å². The Morgan fingerprint density at radius 3 is 1.42 bits per heavy atom. The van der Waals surface area contributed by atoms with Crippen molar-refractivity contribution in [3.63, 3.8) is 0 Å². The summed E-state index contributed by atoms with van der Waals surface area (Å²) >= 11 is 15.8. The predicted octanol–water partition coefficient (Wildman–Crippen LogP) is 1.20. The quantitative estimate of drug-likeness (QED) is 0.665. The van der Waals surface area contributed by atoms with E-state index in [1.54, 1.807) is 4.90 Å². The summed E-state index contributed by atoms with van der Waals surface area (Å²) < 4.78 is 0. The summed E-state index contributed by atoms with van der Waals surface area (Å²) in [4.78, 5) is 42.7. The Morgan fingerprint density at radius 1 is 0.667 bits per heavy atom. The van der Waals surface area contributed by atoms with Gasteiger partial charge in [0.05, 0.1) is 21.0 Å². The largest absolute Gasteiger partial charge is 0.304 e. The number of rotatable bonds is 5. The van der Waals surface area contributed by atoms with Gasteiger partial charge in [-0.05, 0) is 0 Å². The van der Waals surface area contributed by atoms with E-state index in [1.807, 2.05) is 0 Å². The van der Waals surface area contributed by atoms with E-state index in [0.717, 1.165) is 0 Å². The number of amides is 3. The molecule has 3 aliphatic heterocycles. The van der Waals surface area contributed by atoms with Crippen LogP contribution in [0.4, 0.5) is 0 Å². The normalized spacial score (nSPS) is 22.1. The van der Waals surface area contributed by atoms with Gasteiger partial charge in [0.25, 0.3) is 0 Å². The molecule has 0 aromatic rings. The van der Waals surface area contributed by atoms with Gasteiger partial charge in [0, 0.05) is 51.6 Å². The van der Waals surface area contributed by atoms with Crippen LogP contribution in [-0.4, -0.2) is 66.5 Å². The van der Waals surface area contributed by atoms with Gasteiger partial charge in [-0.3, -0.25) is 19.3 Å². The molecule has 3 amide bonds. The third-order valence-electron chi connectivity index (χ3n) is 4.55. The van der Waals surface area contributed by atoms with Crippen LogP contribution in [0.15, 0.2) is 0 Å². The van der Waals surface area contributed by atoms with Gasteiger partial charge in [-0.25, -0.2) is 0 Å². The van der Waals surface area contributed by atoms with Crippen molar-refractivity contribution in [1.29, 1.82) is 0 Å². The topological polar surface area (TPSA) is 60.9 Å². The summed E-state index contributed by atoms with van der Waals surface area (Å²) in [6.07, 6.45) is 2.80. The van der Waals surface area contributed by atoms with Crippen molar-refractivity contribution in [2.45, 2.75) is 44.6 Å². The molecule has 0 aromatic carbocycles. The van der Waals surface area contributed by atoms with Crippen LogP contribution in [0.5, 0.6) is 0 Å². The zero-order valence-corrected chi connectivity index (χ0v) is 15.5. The summed E-state index contributed by atoms with van der Waals surface area (Å²) in [5.41, 5.74) is 0. The van der Waals surface area contributed by atoms with Crippen molar-refractivity contribution in [1.82, 2.24) is 14.7 Å². The van der Waals surface area contributed by atoms with E-state index in [4.69, 9.17) is 36.7 Å². The van der Waals surface area contributed by atoms with Crippen molar-refractivity contribution in [3.05, 3.63) is 0 Å². The molecular formula is C15H17N3O3S3. The lowest BCUT2D eigenvalue weighted by molar-refractivity contribution is -0.131. The zero-order chi connectivity index (χ0) is 17.4. The van der Waals surface area contributed by atoms with Crippen LogP contribution >= 0.6 is 36.7 Å². The van der Waals surface area contributed by atoms with Crippen LogP contribution in [0.3, 0.4) is 0 Å². The molecule has 3 aliphatic rings. The van der Waals surface area contributed by atoms with Gasteiger partial charge in [0.1, 0.15) is 0 Å². The smallest absolute Gasteiger partial charge is 0.228 e. The number of likely N-dealkylation sites (tertiary alicyclic amines) is 3. The van der Waals surface area contributed by atoms with Crippen LogP contribution in [0.25, 0.3) is 0 Å². The first kappa shape index (κ1) is 17.5. The fraction of sp³-hybridized carbons (Fsp3) is 0.600. The van der Waals surface area contributed by atoms with Gasteiger partial charge in [-0.2, -0.15) is 0 Å². The van der Waals surface area contributed by atoms with E-state index in [-0.39, 0.29) is 30.8 Å². The fourth-order valence-corrected chi connectivity index (χ4v) is 4.21. The molecule has 3 saturated heterocycles. The molecule has 0 bridgehead atoms. The van der Waals surface area contributed by atoms with Crippen molar-refractivity contribution in [2.24, 2.45) is 0 Å². The Bertz CT molecular complexity index is 578. The van der Waals surface area contributed by atoms with Crippen LogP contribution in [-0.2, 0) is 14.4 Å². The highest BCUT2D eigenvalue weighted by Crippen LogP contribution is 2.23. The van der Waals surface area contributed by atoms with Crippen LogP contribution < -0.4 is 0 Å². The summed E-state index contributed by atoms with van der Waals surface area (Å²) in [5.74, 6) is -0.157. The molecule has 9 heteroatoms. The number of nitrogens with zero attached hydrogens (tertiary/aromatic N) is 3. The summed E-state index contributed by atoms with van der Waals surface area (Å²) in [6.45, 7) is 0.520. The average Bonchev–Trinajstić information content (AvgIpc) is 3.14. The van der Waals surface area contributed by atoms with Crippen molar-refractivity contribution >= 4 is 69.3 Å². The highest BCUT2D eigenvalue weighted by molar-refractivity contribution is 7.80. The first-order valence-electron chi connectivity index (χ1n) is 7.89. The highest BCUT2D eigenvalue weighted by atomic mass is 32.1. The molecule has 0 radical (unpaired) electrons. The summed E-state index contributed by atoms with van der Waals surface area (Å²) in [5, 5.41) is 0. The maximum absolute atomic E-state index is 12.3. The van der Waals surface area contributed by atoms with Gasteiger partial charge >= 0.3 is 0 Å². The fourth-order valence-electron chi connectivity index (χ4n) is 3.30. The minimum absolute atomic E-state index is 0.0436. The molecule has 3 rings (SSSR count). The van der Waals surface area contributed by atoms with E-state index in [2.05, 4.69) is 0 Å². The number of carbonyl (C=O) groups excluding carboxylic acids is 3. The number of carbonyl (C=O) groups is 3. The maximum Gasteiger partial charge on any atom is 0.228 e. The molecule has 6 nitrogen and oxygen atoms in total. The maximum atomic E-state index is 12.3. The Kier molecular flexibility index (Phi) is 5.03. The van der Waals surface area contributed by atoms with Gasteiger partial charge < -0.3 is 9.80 Å². The Labute approximate surface area is 156 Å². The number of hydrogen-bond donors (Lipinski definition) is 0. The van der Waals surface area contributed by atoms with E-state index in [1.165, 1.54) is 9.80 Å².